The van der Waals surface area contributed by atoms with Crippen LogP contribution in [0.2, 0.25) is 0 Å². The Morgan fingerprint density at radius 2 is 1.79 bits per heavy atom. The highest BCUT2D eigenvalue weighted by atomic mass is 79.9. The van der Waals surface area contributed by atoms with Crippen LogP contribution in [0.25, 0.3) is 5.57 Å². The molecule has 42 heavy (non-hydrogen) atoms. The minimum absolute atomic E-state index is 0.162. The number of hydrogen-bond acceptors (Lipinski definition) is 7. The van der Waals surface area contributed by atoms with Gasteiger partial charge in [0.25, 0.3) is 11.5 Å². The third kappa shape index (κ3) is 4.60. The number of ether oxygens (including phenoxy) is 2. The summed E-state index contributed by atoms with van der Waals surface area (Å²) in [7, 11) is 1.54. The van der Waals surface area contributed by atoms with Crippen molar-refractivity contribution in [2.75, 3.05) is 18.6 Å². The molecule has 4 aromatic rings. The lowest BCUT2D eigenvalue weighted by atomic mass is 9.95. The van der Waals surface area contributed by atoms with Crippen LogP contribution in [0.4, 0.5) is 5.69 Å². The minimum Gasteiger partial charge on any atom is -0.496 e. The van der Waals surface area contributed by atoms with Crippen molar-refractivity contribution >= 4 is 50.4 Å². The van der Waals surface area contributed by atoms with Gasteiger partial charge in [-0.25, -0.2) is 9.79 Å². The van der Waals surface area contributed by atoms with Gasteiger partial charge in [0, 0.05) is 15.6 Å². The van der Waals surface area contributed by atoms with E-state index in [1.807, 2.05) is 66.7 Å². The first-order valence-corrected chi connectivity index (χ1v) is 15.0. The van der Waals surface area contributed by atoms with Crippen LogP contribution in [0.5, 0.6) is 5.75 Å². The largest absolute Gasteiger partial charge is 0.496 e. The third-order valence-electron chi connectivity index (χ3n) is 7.31. The van der Waals surface area contributed by atoms with Gasteiger partial charge in [-0.3, -0.25) is 14.2 Å². The molecule has 3 heterocycles. The first kappa shape index (κ1) is 27.9. The van der Waals surface area contributed by atoms with Crippen LogP contribution >= 0.6 is 27.3 Å². The number of rotatable bonds is 6. The molecule has 0 spiro atoms. The van der Waals surface area contributed by atoms with Crippen molar-refractivity contribution in [3.8, 4) is 5.75 Å². The Balaban J connectivity index is 1.61. The van der Waals surface area contributed by atoms with Crippen LogP contribution in [-0.4, -0.2) is 30.2 Å². The number of halogens is 1. The Bertz CT molecular complexity index is 1960. The zero-order valence-electron chi connectivity index (χ0n) is 23.1. The second-order valence-electron chi connectivity index (χ2n) is 9.78. The molecule has 0 N–H and O–H groups in total. The Hall–Kier alpha value is -4.28. The van der Waals surface area contributed by atoms with Gasteiger partial charge in [0.2, 0.25) is 0 Å². The standard InChI is InChI=1S/C32H26BrN3O5S/c1-4-41-31(39)25-18(2)34-32-36(27(25)22-16-20(33)14-15-24(22)40-3)30(38)28(42-32)26-21-12-8-9-13-23(21)35(29(26)37)17-19-10-6-5-7-11-19/h5-16,27H,4,17H2,1-3H3/b28-26+/t27-/m1/s1. The normalized spacial score (nSPS) is 17.1. The quantitative estimate of drug-likeness (QED) is 0.289. The monoisotopic (exact) mass is 643 g/mol. The molecule has 2 aliphatic heterocycles. The molecule has 1 aromatic heterocycles. The van der Waals surface area contributed by atoms with E-state index in [0.717, 1.165) is 27.1 Å². The molecule has 2 aliphatic rings. The number of esters is 1. The maximum Gasteiger partial charge on any atom is 0.338 e. The van der Waals surface area contributed by atoms with Gasteiger partial charge in [0.15, 0.2) is 4.80 Å². The van der Waals surface area contributed by atoms with Gasteiger partial charge >= 0.3 is 5.97 Å². The SMILES string of the molecule is CCOC(=O)C1=C(C)N=c2s/c(=C3/C(=O)N(Cc4ccccc4)c4ccccc43)c(=O)n2[C@@H]1c1cc(Br)ccc1OC. The maximum absolute atomic E-state index is 14.4. The van der Waals surface area contributed by atoms with Gasteiger partial charge in [-0.05, 0) is 43.7 Å². The van der Waals surface area contributed by atoms with Crippen LogP contribution in [0.15, 0.2) is 98.3 Å². The summed E-state index contributed by atoms with van der Waals surface area (Å²) in [5.74, 6) is -0.336. The second kappa shape index (κ2) is 11.2. The summed E-state index contributed by atoms with van der Waals surface area (Å²) in [5.41, 5.74) is 3.56. The number of amides is 1. The van der Waals surface area contributed by atoms with Crippen molar-refractivity contribution in [3.05, 3.63) is 125 Å². The van der Waals surface area contributed by atoms with Gasteiger partial charge in [0.05, 0.1) is 42.8 Å². The van der Waals surface area contributed by atoms with Crippen molar-refractivity contribution in [1.29, 1.82) is 0 Å². The Labute approximate surface area is 254 Å². The van der Waals surface area contributed by atoms with E-state index in [2.05, 4.69) is 20.9 Å². The molecule has 0 saturated carbocycles. The van der Waals surface area contributed by atoms with Crippen LogP contribution < -0.4 is 24.5 Å². The molecule has 3 aromatic carbocycles. The highest BCUT2D eigenvalue weighted by molar-refractivity contribution is 9.10. The average molecular weight is 645 g/mol. The maximum atomic E-state index is 14.4. The summed E-state index contributed by atoms with van der Waals surface area (Å²) >= 11 is 4.66. The molecule has 1 amide bonds. The van der Waals surface area contributed by atoms with E-state index in [9.17, 15) is 14.4 Å². The lowest BCUT2D eigenvalue weighted by Gasteiger charge is -2.26. The topological polar surface area (TPSA) is 90.2 Å². The Kier molecular flexibility index (Phi) is 7.42. The molecule has 0 radical (unpaired) electrons. The van der Waals surface area contributed by atoms with E-state index >= 15 is 0 Å². The fourth-order valence-electron chi connectivity index (χ4n) is 5.48. The summed E-state index contributed by atoms with van der Waals surface area (Å²) in [5, 5.41) is 0. The molecular formula is C32H26BrN3O5S. The van der Waals surface area contributed by atoms with Crippen LogP contribution in [0.1, 0.15) is 36.6 Å². The number of carbonyl (C=O) groups is 2. The van der Waals surface area contributed by atoms with Gasteiger partial charge in [-0.1, -0.05) is 75.8 Å². The van der Waals surface area contributed by atoms with E-state index in [4.69, 9.17) is 9.47 Å². The second-order valence-corrected chi connectivity index (χ2v) is 11.7. The summed E-state index contributed by atoms with van der Waals surface area (Å²) in [6.07, 6.45) is 0. The minimum atomic E-state index is -0.880. The summed E-state index contributed by atoms with van der Waals surface area (Å²) in [4.78, 5) is 48.5. The van der Waals surface area contributed by atoms with Gasteiger partial charge in [0.1, 0.15) is 16.3 Å². The number of benzene rings is 3. The fraction of sp³-hybridized carbons (Fsp3) is 0.188. The van der Waals surface area contributed by atoms with Crippen molar-refractivity contribution in [2.24, 2.45) is 4.99 Å². The molecule has 0 fully saturated rings. The van der Waals surface area contributed by atoms with Crippen molar-refractivity contribution < 1.29 is 19.1 Å². The predicted molar refractivity (Wildman–Crippen MR) is 164 cm³/mol. The van der Waals surface area contributed by atoms with E-state index in [1.165, 1.54) is 11.7 Å². The van der Waals surface area contributed by atoms with Gasteiger partial charge in [-0.2, -0.15) is 0 Å². The number of methoxy groups -OCH3 is 1. The molecule has 8 nitrogen and oxygen atoms in total. The highest BCUT2D eigenvalue weighted by Crippen LogP contribution is 2.39. The molecule has 0 bridgehead atoms. The summed E-state index contributed by atoms with van der Waals surface area (Å²) in [6.45, 7) is 3.98. The molecular weight excluding hydrogens is 618 g/mol. The van der Waals surface area contributed by atoms with Crippen LogP contribution in [0, 0.1) is 0 Å². The molecule has 10 heteroatoms. The van der Waals surface area contributed by atoms with Crippen molar-refractivity contribution in [3.63, 3.8) is 0 Å². The van der Waals surface area contributed by atoms with E-state index < -0.39 is 17.6 Å². The van der Waals surface area contributed by atoms with E-state index in [1.54, 1.807) is 24.8 Å². The van der Waals surface area contributed by atoms with Crippen LogP contribution in [-0.2, 0) is 20.9 Å². The van der Waals surface area contributed by atoms with Gasteiger partial charge in [-0.15, -0.1) is 0 Å². The Morgan fingerprint density at radius 3 is 2.52 bits per heavy atom. The molecule has 6 rings (SSSR count). The number of aromatic nitrogens is 1. The zero-order valence-corrected chi connectivity index (χ0v) is 25.5. The number of hydrogen-bond donors (Lipinski definition) is 0. The smallest absolute Gasteiger partial charge is 0.338 e. The van der Waals surface area contributed by atoms with Crippen molar-refractivity contribution in [1.82, 2.24) is 4.57 Å². The Morgan fingerprint density at radius 1 is 1.05 bits per heavy atom. The van der Waals surface area contributed by atoms with E-state index in [0.29, 0.717) is 39.5 Å². The highest BCUT2D eigenvalue weighted by Gasteiger charge is 2.38. The number of allylic oxidation sites excluding steroid dienone is 1. The third-order valence-corrected chi connectivity index (χ3v) is 8.86. The number of para-hydroxylation sites is 1. The fourth-order valence-corrected chi connectivity index (χ4v) is 6.99. The molecule has 1 atom stereocenters. The number of carbonyl (C=O) groups excluding carboxylic acids is 2. The van der Waals surface area contributed by atoms with E-state index in [-0.39, 0.29) is 22.6 Å². The first-order valence-electron chi connectivity index (χ1n) is 13.3. The molecule has 0 saturated heterocycles. The average Bonchev–Trinajstić information content (AvgIpc) is 3.45. The number of anilines is 1. The number of fused-ring (bicyclic) bond motifs is 2. The lowest BCUT2D eigenvalue weighted by Crippen LogP contribution is -2.41. The van der Waals surface area contributed by atoms with Gasteiger partial charge < -0.3 is 14.4 Å². The molecule has 0 unspecified atom stereocenters. The lowest BCUT2D eigenvalue weighted by molar-refractivity contribution is -0.139. The molecule has 212 valence electrons. The predicted octanol–water partition coefficient (Wildman–Crippen LogP) is 4.49. The number of thiazole rings is 1. The summed E-state index contributed by atoms with van der Waals surface area (Å²) in [6, 6.07) is 21.7. The van der Waals surface area contributed by atoms with Crippen LogP contribution in [0.3, 0.4) is 0 Å². The summed E-state index contributed by atoms with van der Waals surface area (Å²) < 4.78 is 13.6. The van der Waals surface area contributed by atoms with Crippen molar-refractivity contribution in [2.45, 2.75) is 26.4 Å². The zero-order chi connectivity index (χ0) is 29.5. The number of nitrogens with zero attached hydrogens (tertiary/aromatic N) is 3. The first-order chi connectivity index (χ1) is 20.3. The molecule has 0 aliphatic carbocycles.